The molecule has 1 atom stereocenters. The molecule has 2 aromatic carbocycles. The fraction of sp³-hybridized carbons (Fsp3) is 0.314. The molecule has 5 rings (SSSR count). The Labute approximate surface area is 270 Å². The maximum absolute atomic E-state index is 14.3. The van der Waals surface area contributed by atoms with Crippen LogP contribution in [-0.2, 0) is 14.3 Å². The van der Waals surface area contributed by atoms with E-state index in [9.17, 15) is 14.4 Å². The Morgan fingerprint density at radius 2 is 1.72 bits per heavy atom. The van der Waals surface area contributed by atoms with Crippen LogP contribution in [0.3, 0.4) is 0 Å². The lowest BCUT2D eigenvalue weighted by Gasteiger charge is -2.26. The van der Waals surface area contributed by atoms with Crippen molar-refractivity contribution in [3.05, 3.63) is 107 Å². The molecule has 10 nitrogen and oxygen atoms in total. The number of hydrogen-bond donors (Lipinski definition) is 0. The second-order valence-corrected chi connectivity index (χ2v) is 12.3. The lowest BCUT2D eigenvalue weighted by atomic mass is 9.94. The fourth-order valence-corrected chi connectivity index (χ4v) is 6.89. The monoisotopic (exact) mass is 643 g/mol. The zero-order valence-corrected chi connectivity index (χ0v) is 28.2. The molecule has 2 aromatic heterocycles. The topological polar surface area (TPSA) is 110 Å². The quantitative estimate of drug-likeness (QED) is 0.256. The van der Waals surface area contributed by atoms with Crippen molar-refractivity contribution < 1.29 is 28.5 Å². The van der Waals surface area contributed by atoms with E-state index in [0.29, 0.717) is 37.7 Å². The lowest BCUT2D eigenvalue weighted by molar-refractivity contribution is -0.143. The summed E-state index contributed by atoms with van der Waals surface area (Å²) >= 11 is 1.24. The summed E-state index contributed by atoms with van der Waals surface area (Å²) in [6, 6.07) is 11.9. The van der Waals surface area contributed by atoms with Gasteiger partial charge in [-0.15, -0.1) is 0 Å². The third-order valence-corrected chi connectivity index (χ3v) is 9.01. The van der Waals surface area contributed by atoms with Gasteiger partial charge >= 0.3 is 11.9 Å². The first-order chi connectivity index (χ1) is 21.9. The number of methoxy groups -OCH3 is 3. The molecule has 0 radical (unpaired) electrons. The minimum absolute atomic E-state index is 0.248. The molecule has 4 aromatic rings. The highest BCUT2D eigenvalue weighted by atomic mass is 32.1. The molecule has 240 valence electrons. The number of aromatic nitrogens is 2. The predicted molar refractivity (Wildman–Crippen MR) is 176 cm³/mol. The summed E-state index contributed by atoms with van der Waals surface area (Å²) in [4.78, 5) is 45.4. The predicted octanol–water partition coefficient (Wildman–Crippen LogP) is 4.71. The van der Waals surface area contributed by atoms with Crippen molar-refractivity contribution >= 4 is 29.4 Å². The van der Waals surface area contributed by atoms with Gasteiger partial charge in [-0.25, -0.2) is 14.6 Å². The number of carbonyl (C=O) groups is 2. The number of nitrogens with zero attached hydrogens (tertiary/aromatic N) is 3. The second-order valence-electron chi connectivity index (χ2n) is 11.2. The number of ether oxygens (including phenoxy) is 4. The first kappa shape index (κ1) is 32.5. The van der Waals surface area contributed by atoms with Crippen LogP contribution in [0.2, 0.25) is 0 Å². The SMILES string of the molecule is COC(=O)c1cccc(-n2c(C)cc(/C=c3\sc4n(c3=O)[C@H](c3cc(OC)ccc3OC)C(C(=O)OC(C)C)=C(C)N=4)c2C)c1C. The number of fused-ring (bicyclic) bond motifs is 1. The Kier molecular flexibility index (Phi) is 9.07. The molecule has 46 heavy (non-hydrogen) atoms. The van der Waals surface area contributed by atoms with Crippen LogP contribution in [0.4, 0.5) is 0 Å². The van der Waals surface area contributed by atoms with Crippen LogP contribution in [0, 0.1) is 20.8 Å². The highest BCUT2D eigenvalue weighted by Crippen LogP contribution is 2.38. The van der Waals surface area contributed by atoms with Crippen molar-refractivity contribution in [1.29, 1.82) is 0 Å². The summed E-state index contributed by atoms with van der Waals surface area (Å²) in [5, 5.41) is 0. The number of thiazole rings is 1. The number of rotatable bonds is 8. The van der Waals surface area contributed by atoms with Gasteiger partial charge in [-0.1, -0.05) is 17.4 Å². The Balaban J connectivity index is 1.72. The van der Waals surface area contributed by atoms with Gasteiger partial charge in [0.1, 0.15) is 17.5 Å². The largest absolute Gasteiger partial charge is 0.497 e. The average Bonchev–Trinajstić information content (AvgIpc) is 3.48. The molecule has 1 aliphatic rings. The first-order valence-corrected chi connectivity index (χ1v) is 15.6. The van der Waals surface area contributed by atoms with E-state index in [1.807, 2.05) is 45.0 Å². The molecule has 0 bridgehead atoms. The van der Waals surface area contributed by atoms with Crippen LogP contribution in [-0.4, -0.2) is 48.5 Å². The Hall–Kier alpha value is -4.90. The van der Waals surface area contributed by atoms with E-state index in [1.54, 1.807) is 52.1 Å². The van der Waals surface area contributed by atoms with E-state index in [-0.39, 0.29) is 17.2 Å². The molecule has 0 fully saturated rings. The normalized spacial score (nSPS) is 14.7. The van der Waals surface area contributed by atoms with Crippen LogP contribution < -0.4 is 24.4 Å². The average molecular weight is 644 g/mol. The summed E-state index contributed by atoms with van der Waals surface area (Å²) in [6.45, 7) is 11.1. The van der Waals surface area contributed by atoms with E-state index in [4.69, 9.17) is 23.9 Å². The summed E-state index contributed by atoms with van der Waals surface area (Å²) < 4.78 is 25.8. The molecule has 0 saturated heterocycles. The Morgan fingerprint density at radius 1 is 0.978 bits per heavy atom. The molecule has 0 unspecified atom stereocenters. The second kappa shape index (κ2) is 12.8. The molecule has 0 spiro atoms. The van der Waals surface area contributed by atoms with Gasteiger partial charge in [0.05, 0.1) is 48.8 Å². The number of benzene rings is 2. The highest BCUT2D eigenvalue weighted by Gasteiger charge is 2.36. The first-order valence-electron chi connectivity index (χ1n) is 14.7. The van der Waals surface area contributed by atoms with E-state index < -0.39 is 18.0 Å². The number of hydrogen-bond acceptors (Lipinski definition) is 9. The zero-order valence-electron chi connectivity index (χ0n) is 27.4. The van der Waals surface area contributed by atoms with E-state index >= 15 is 0 Å². The van der Waals surface area contributed by atoms with Crippen molar-refractivity contribution in [2.45, 2.75) is 53.7 Å². The lowest BCUT2D eigenvalue weighted by Crippen LogP contribution is -2.40. The van der Waals surface area contributed by atoms with Crippen LogP contribution in [0.15, 0.2) is 63.5 Å². The van der Waals surface area contributed by atoms with Gasteiger partial charge in [0.2, 0.25) is 0 Å². The van der Waals surface area contributed by atoms with Crippen LogP contribution in [0.5, 0.6) is 11.5 Å². The molecule has 0 saturated carbocycles. The van der Waals surface area contributed by atoms with Crippen LogP contribution >= 0.6 is 11.3 Å². The smallest absolute Gasteiger partial charge is 0.338 e. The van der Waals surface area contributed by atoms with E-state index in [0.717, 1.165) is 28.2 Å². The Bertz CT molecular complexity index is 2080. The molecule has 11 heteroatoms. The zero-order chi connectivity index (χ0) is 33.4. The minimum atomic E-state index is -0.870. The number of aryl methyl sites for hydroxylation is 1. The molecular weight excluding hydrogens is 606 g/mol. The van der Waals surface area contributed by atoms with Gasteiger partial charge in [0, 0.05) is 22.6 Å². The molecule has 1 aliphatic heterocycles. The molecular formula is C35H37N3O7S. The van der Waals surface area contributed by atoms with Gasteiger partial charge in [0.15, 0.2) is 4.80 Å². The van der Waals surface area contributed by atoms with Crippen molar-refractivity contribution in [2.75, 3.05) is 21.3 Å². The summed E-state index contributed by atoms with van der Waals surface area (Å²) in [7, 11) is 4.45. The summed E-state index contributed by atoms with van der Waals surface area (Å²) in [5.41, 5.74) is 5.71. The third-order valence-electron chi connectivity index (χ3n) is 8.02. The minimum Gasteiger partial charge on any atom is -0.497 e. The standard InChI is InChI=1S/C35H37N3O7S/c1-18(2)45-34(41)30-21(5)36-35-38(31(30)26-17-24(42-7)13-14-28(26)43-8)32(39)29(46-35)16-23-15-19(3)37(22(23)6)27-12-10-11-25(20(27)4)33(40)44-9/h10-18,31H,1-9H3/b29-16-/t31-/m1/s1. The summed E-state index contributed by atoms with van der Waals surface area (Å²) in [6.07, 6.45) is 1.46. The van der Waals surface area contributed by atoms with E-state index in [2.05, 4.69) is 4.57 Å². The molecule has 0 amide bonds. The fourth-order valence-electron chi connectivity index (χ4n) is 5.85. The maximum Gasteiger partial charge on any atom is 0.338 e. The Morgan fingerprint density at radius 3 is 2.37 bits per heavy atom. The van der Waals surface area contributed by atoms with E-state index in [1.165, 1.54) is 30.1 Å². The summed E-state index contributed by atoms with van der Waals surface area (Å²) in [5.74, 6) is 0.0620. The highest BCUT2D eigenvalue weighted by molar-refractivity contribution is 7.07. The van der Waals surface area contributed by atoms with Crippen molar-refractivity contribution in [3.63, 3.8) is 0 Å². The van der Waals surface area contributed by atoms with Crippen molar-refractivity contribution in [2.24, 2.45) is 4.99 Å². The van der Waals surface area contributed by atoms with Crippen LogP contribution in [0.1, 0.15) is 65.2 Å². The van der Waals surface area contributed by atoms with Crippen molar-refractivity contribution in [3.8, 4) is 17.2 Å². The van der Waals surface area contributed by atoms with Crippen LogP contribution in [0.25, 0.3) is 11.8 Å². The van der Waals surface area contributed by atoms with Gasteiger partial charge in [0.25, 0.3) is 5.56 Å². The van der Waals surface area contributed by atoms with Gasteiger partial charge in [-0.05, 0) is 95.1 Å². The van der Waals surface area contributed by atoms with Gasteiger partial charge in [-0.3, -0.25) is 9.36 Å². The van der Waals surface area contributed by atoms with Crippen molar-refractivity contribution in [1.82, 2.24) is 9.13 Å². The van der Waals surface area contributed by atoms with Gasteiger partial charge in [-0.2, -0.15) is 0 Å². The number of carbonyl (C=O) groups excluding carboxylic acids is 2. The number of esters is 2. The third kappa shape index (κ3) is 5.66. The number of allylic oxidation sites excluding steroid dienone is 1. The maximum atomic E-state index is 14.3. The molecule has 0 aliphatic carbocycles. The van der Waals surface area contributed by atoms with Gasteiger partial charge < -0.3 is 23.5 Å². The molecule has 0 N–H and O–H groups in total. The molecule has 3 heterocycles.